The lowest BCUT2D eigenvalue weighted by molar-refractivity contribution is -0.380. The van der Waals surface area contributed by atoms with Gasteiger partial charge >= 0.3 is 5.00 Å². The van der Waals surface area contributed by atoms with Gasteiger partial charge in [-0.25, -0.2) is 13.6 Å². The lowest BCUT2D eigenvalue weighted by Crippen LogP contribution is -2.18. The Morgan fingerprint density at radius 2 is 2.15 bits per heavy atom. The summed E-state index contributed by atoms with van der Waals surface area (Å²) in [6.07, 6.45) is 0.640. The number of hydrogen-bond donors (Lipinski definition) is 1. The molecule has 0 aliphatic carbocycles. The maximum Gasteiger partial charge on any atom is 0.324 e. The van der Waals surface area contributed by atoms with Crippen molar-refractivity contribution in [3.63, 3.8) is 0 Å². The maximum absolute atomic E-state index is 11.4. The Labute approximate surface area is 118 Å². The van der Waals surface area contributed by atoms with Crippen molar-refractivity contribution in [2.24, 2.45) is 5.14 Å². The molecule has 2 N–H and O–H groups in total. The summed E-state index contributed by atoms with van der Waals surface area (Å²) >= 11 is 0.900. The minimum absolute atomic E-state index is 0.0526. The predicted molar refractivity (Wildman–Crippen MR) is 71.7 cm³/mol. The van der Waals surface area contributed by atoms with Gasteiger partial charge in [-0.1, -0.05) is 18.3 Å². The molecule has 0 radical (unpaired) electrons. The lowest BCUT2D eigenvalue weighted by Gasteiger charge is -2.05. The molecule has 2 aromatic rings. The minimum Gasteiger partial charge on any atom is -0.296 e. The largest absolute Gasteiger partial charge is 0.324 e. The Morgan fingerprint density at radius 1 is 1.45 bits per heavy atom. The van der Waals surface area contributed by atoms with Crippen LogP contribution in [0.4, 0.5) is 5.00 Å². The predicted octanol–water partition coefficient (Wildman–Crippen LogP) is 0.972. The number of sulfonamides is 1. The zero-order valence-electron chi connectivity index (χ0n) is 10.4. The van der Waals surface area contributed by atoms with E-state index in [2.05, 4.69) is 10.2 Å². The van der Waals surface area contributed by atoms with Gasteiger partial charge in [0.15, 0.2) is 5.82 Å². The highest BCUT2D eigenvalue weighted by Crippen LogP contribution is 2.32. The molecule has 0 saturated carbocycles. The van der Waals surface area contributed by atoms with E-state index in [9.17, 15) is 18.5 Å². The Bertz CT molecular complexity index is 748. The van der Waals surface area contributed by atoms with E-state index in [4.69, 9.17) is 5.14 Å². The summed E-state index contributed by atoms with van der Waals surface area (Å²) in [7, 11) is -3.99. The molecule has 0 bridgehead atoms. The van der Waals surface area contributed by atoms with Crippen LogP contribution >= 0.6 is 11.3 Å². The van der Waals surface area contributed by atoms with Crippen LogP contribution in [-0.4, -0.2) is 28.1 Å². The molecule has 9 nitrogen and oxygen atoms in total. The van der Waals surface area contributed by atoms with Crippen LogP contribution < -0.4 is 5.14 Å². The highest BCUT2D eigenvalue weighted by Gasteiger charge is 2.23. The monoisotopic (exact) mass is 317 g/mol. The van der Waals surface area contributed by atoms with Crippen LogP contribution in [0.3, 0.4) is 0 Å². The van der Waals surface area contributed by atoms with Crippen LogP contribution in [0.2, 0.25) is 0 Å². The maximum atomic E-state index is 11.4. The van der Waals surface area contributed by atoms with E-state index in [0.29, 0.717) is 17.8 Å². The van der Waals surface area contributed by atoms with Gasteiger partial charge in [0.1, 0.15) is 0 Å². The SMILES string of the molecule is CCCn1c(-c2ccc([N+](=O)[O-])s2)nnc1S(N)(=O)=O. The topological polar surface area (TPSA) is 134 Å². The zero-order valence-corrected chi connectivity index (χ0v) is 12.0. The van der Waals surface area contributed by atoms with Gasteiger partial charge in [0.25, 0.3) is 15.2 Å². The van der Waals surface area contributed by atoms with Crippen molar-refractivity contribution in [2.45, 2.75) is 25.0 Å². The van der Waals surface area contributed by atoms with Gasteiger partial charge in [-0.3, -0.25) is 14.7 Å². The van der Waals surface area contributed by atoms with Gasteiger partial charge in [0.2, 0.25) is 0 Å². The van der Waals surface area contributed by atoms with E-state index in [1.54, 1.807) is 0 Å². The number of hydrogen-bond acceptors (Lipinski definition) is 7. The Balaban J connectivity index is 2.56. The lowest BCUT2D eigenvalue weighted by atomic mass is 10.4. The molecule has 2 heterocycles. The summed E-state index contributed by atoms with van der Waals surface area (Å²) < 4.78 is 24.2. The van der Waals surface area contributed by atoms with E-state index < -0.39 is 14.9 Å². The molecule has 0 saturated heterocycles. The average Bonchev–Trinajstić information content (AvgIpc) is 2.93. The Hall–Kier alpha value is -1.85. The van der Waals surface area contributed by atoms with Crippen LogP contribution in [-0.2, 0) is 16.6 Å². The molecule has 0 fully saturated rings. The summed E-state index contributed by atoms with van der Waals surface area (Å²) in [5.74, 6) is 0.258. The first-order chi connectivity index (χ1) is 9.34. The molecule has 0 atom stereocenters. The Morgan fingerprint density at radius 3 is 2.65 bits per heavy atom. The molecule has 20 heavy (non-hydrogen) atoms. The standard InChI is InChI=1S/C9H11N5O4S2/c1-2-5-13-8(11-12-9(13)20(10,17)18)6-3-4-7(19-6)14(15)16/h3-4H,2,5H2,1H3,(H2,10,17,18). The second-order valence-electron chi connectivity index (χ2n) is 3.90. The first-order valence-corrected chi connectivity index (χ1v) is 7.91. The number of nitrogens with zero attached hydrogens (tertiary/aromatic N) is 4. The van der Waals surface area contributed by atoms with Gasteiger partial charge in [-0.2, -0.15) is 0 Å². The zero-order chi connectivity index (χ0) is 14.9. The Kier molecular flexibility index (Phi) is 3.83. The summed E-state index contributed by atoms with van der Waals surface area (Å²) in [5.41, 5.74) is 0. The molecular weight excluding hydrogens is 306 g/mol. The van der Waals surface area contributed by atoms with E-state index in [0.717, 1.165) is 11.3 Å². The van der Waals surface area contributed by atoms with Gasteiger partial charge in [-0.15, -0.1) is 10.2 Å². The molecule has 0 aliphatic rings. The highest BCUT2D eigenvalue weighted by atomic mass is 32.2. The number of thiophene rings is 1. The fourth-order valence-electron chi connectivity index (χ4n) is 1.65. The number of primary sulfonamides is 1. The third-order valence-electron chi connectivity index (χ3n) is 2.41. The third-order valence-corrected chi connectivity index (χ3v) is 4.25. The van der Waals surface area contributed by atoms with Gasteiger partial charge in [0.05, 0.1) is 9.80 Å². The summed E-state index contributed by atoms with van der Waals surface area (Å²) in [6.45, 7) is 2.20. The second-order valence-corrected chi connectivity index (χ2v) is 6.42. The number of rotatable bonds is 5. The first-order valence-electron chi connectivity index (χ1n) is 5.55. The van der Waals surface area contributed by atoms with Crippen molar-refractivity contribution >= 4 is 26.4 Å². The van der Waals surface area contributed by atoms with Crippen molar-refractivity contribution in [2.75, 3.05) is 0 Å². The highest BCUT2D eigenvalue weighted by molar-refractivity contribution is 7.89. The van der Waals surface area contributed by atoms with E-state index >= 15 is 0 Å². The van der Waals surface area contributed by atoms with E-state index in [1.807, 2.05) is 6.92 Å². The fourth-order valence-corrected chi connectivity index (χ4v) is 3.11. The van der Waals surface area contributed by atoms with E-state index in [1.165, 1.54) is 16.7 Å². The van der Waals surface area contributed by atoms with Gasteiger partial charge in [-0.05, 0) is 12.5 Å². The third kappa shape index (κ3) is 2.69. The van der Waals surface area contributed by atoms with Crippen LogP contribution in [0.5, 0.6) is 0 Å². The molecule has 0 spiro atoms. The number of nitro groups is 1. The fraction of sp³-hybridized carbons (Fsp3) is 0.333. The normalized spacial score (nSPS) is 11.7. The average molecular weight is 317 g/mol. The summed E-state index contributed by atoms with van der Waals surface area (Å²) in [5, 5.41) is 22.7. The van der Waals surface area contributed by atoms with Crippen LogP contribution in [0.1, 0.15) is 13.3 Å². The van der Waals surface area contributed by atoms with Crippen molar-refractivity contribution in [3.8, 4) is 10.7 Å². The molecule has 0 aliphatic heterocycles. The molecular formula is C9H11N5O4S2. The molecule has 11 heteroatoms. The first kappa shape index (κ1) is 14.6. The molecule has 2 rings (SSSR count). The quantitative estimate of drug-likeness (QED) is 0.645. The molecule has 108 valence electrons. The van der Waals surface area contributed by atoms with Crippen LogP contribution in [0, 0.1) is 10.1 Å². The molecule has 0 unspecified atom stereocenters. The summed E-state index contributed by atoms with van der Waals surface area (Å²) in [4.78, 5) is 10.6. The van der Waals surface area contributed by atoms with Crippen LogP contribution in [0.25, 0.3) is 10.7 Å². The number of aromatic nitrogens is 3. The second kappa shape index (κ2) is 5.26. The van der Waals surface area contributed by atoms with Crippen molar-refractivity contribution in [3.05, 3.63) is 22.2 Å². The molecule has 0 aromatic carbocycles. The van der Waals surface area contributed by atoms with E-state index in [-0.39, 0.29) is 16.0 Å². The van der Waals surface area contributed by atoms with Crippen LogP contribution in [0.15, 0.2) is 17.3 Å². The number of nitrogens with two attached hydrogens (primary N) is 1. The van der Waals surface area contributed by atoms with Crippen molar-refractivity contribution in [1.82, 2.24) is 14.8 Å². The smallest absolute Gasteiger partial charge is 0.296 e. The van der Waals surface area contributed by atoms with Crippen molar-refractivity contribution < 1.29 is 13.3 Å². The van der Waals surface area contributed by atoms with Gasteiger partial charge in [0, 0.05) is 12.6 Å². The summed E-state index contributed by atoms with van der Waals surface area (Å²) in [6, 6.07) is 2.84. The minimum atomic E-state index is -3.99. The molecule has 0 amide bonds. The van der Waals surface area contributed by atoms with Crippen molar-refractivity contribution in [1.29, 1.82) is 0 Å². The molecule has 2 aromatic heterocycles. The van der Waals surface area contributed by atoms with Gasteiger partial charge < -0.3 is 0 Å².